The second-order valence-corrected chi connectivity index (χ2v) is 6.09. The number of para-hydroxylation sites is 2. The van der Waals surface area contributed by atoms with E-state index < -0.39 is 5.91 Å². The number of ether oxygens (including phenoxy) is 1. The van der Waals surface area contributed by atoms with E-state index in [4.69, 9.17) is 4.74 Å². The molecule has 0 aliphatic heterocycles. The van der Waals surface area contributed by atoms with Crippen LogP contribution in [0.5, 0.6) is 5.75 Å². The van der Waals surface area contributed by atoms with E-state index in [-0.39, 0.29) is 23.3 Å². The zero-order valence-electron chi connectivity index (χ0n) is 14.2. The minimum Gasteiger partial charge on any atom is -0.495 e. The number of hydrogen-bond donors (Lipinski definition) is 3. The second kappa shape index (κ2) is 7.83. The van der Waals surface area contributed by atoms with Crippen molar-refractivity contribution in [3.05, 3.63) is 42.0 Å². The number of H-pyrrole nitrogens is 1. The largest absolute Gasteiger partial charge is 0.495 e. The van der Waals surface area contributed by atoms with E-state index in [9.17, 15) is 9.59 Å². The molecule has 7 nitrogen and oxygen atoms in total. The maximum Gasteiger partial charge on any atom is 0.276 e. The van der Waals surface area contributed by atoms with E-state index in [1.807, 2.05) is 6.07 Å². The van der Waals surface area contributed by atoms with Gasteiger partial charge in [-0.15, -0.1) is 0 Å². The van der Waals surface area contributed by atoms with E-state index in [1.54, 1.807) is 18.2 Å². The number of amides is 2. The van der Waals surface area contributed by atoms with Crippen molar-refractivity contribution >= 4 is 17.5 Å². The van der Waals surface area contributed by atoms with Crippen molar-refractivity contribution in [2.45, 2.75) is 38.1 Å². The Morgan fingerprint density at radius 1 is 1.16 bits per heavy atom. The summed E-state index contributed by atoms with van der Waals surface area (Å²) in [6.45, 7) is 0. The lowest BCUT2D eigenvalue weighted by molar-refractivity contribution is 0.0912. The van der Waals surface area contributed by atoms with Gasteiger partial charge in [0.2, 0.25) is 0 Å². The number of rotatable bonds is 5. The molecule has 0 bridgehead atoms. The highest BCUT2D eigenvalue weighted by Gasteiger charge is 2.24. The molecule has 1 aromatic carbocycles. The molecule has 1 aliphatic carbocycles. The lowest BCUT2D eigenvalue weighted by Crippen LogP contribution is -2.37. The van der Waals surface area contributed by atoms with Crippen LogP contribution in [-0.4, -0.2) is 34.9 Å². The van der Waals surface area contributed by atoms with Crippen molar-refractivity contribution < 1.29 is 14.3 Å². The van der Waals surface area contributed by atoms with Gasteiger partial charge in [0.15, 0.2) is 5.69 Å². The summed E-state index contributed by atoms with van der Waals surface area (Å²) in [5.41, 5.74) is 0.772. The van der Waals surface area contributed by atoms with E-state index >= 15 is 0 Å². The summed E-state index contributed by atoms with van der Waals surface area (Å²) in [5, 5.41) is 5.72. The summed E-state index contributed by atoms with van der Waals surface area (Å²) in [7, 11) is 1.53. The number of methoxy groups -OCH3 is 1. The standard InChI is InChI=1S/C18H22N4O3/c1-25-14-10-6-5-9-13(14)22-18(24)16-15(19-11-20-16)17(23)21-12-7-3-2-4-8-12/h5-6,9-12H,2-4,7-8H2,1H3,(H,19,20)(H,21,23)(H,22,24). The van der Waals surface area contributed by atoms with E-state index in [0.717, 1.165) is 25.7 Å². The molecule has 2 aromatic rings. The zero-order valence-corrected chi connectivity index (χ0v) is 14.2. The molecule has 25 heavy (non-hydrogen) atoms. The van der Waals surface area contributed by atoms with Crippen LogP contribution in [0.4, 0.5) is 5.69 Å². The number of nitrogens with zero attached hydrogens (tertiary/aromatic N) is 1. The Morgan fingerprint density at radius 3 is 2.68 bits per heavy atom. The average Bonchev–Trinajstić information content (AvgIpc) is 3.13. The van der Waals surface area contributed by atoms with E-state index in [1.165, 1.54) is 19.9 Å². The van der Waals surface area contributed by atoms with Gasteiger partial charge in [-0.3, -0.25) is 9.59 Å². The first-order valence-corrected chi connectivity index (χ1v) is 8.47. The monoisotopic (exact) mass is 342 g/mol. The van der Waals surface area contributed by atoms with Gasteiger partial charge >= 0.3 is 0 Å². The minimum absolute atomic E-state index is 0.0687. The van der Waals surface area contributed by atoms with Gasteiger partial charge in [0, 0.05) is 6.04 Å². The molecular weight excluding hydrogens is 320 g/mol. The predicted octanol–water partition coefficient (Wildman–Crippen LogP) is 2.73. The molecule has 2 amide bonds. The third-order valence-electron chi connectivity index (χ3n) is 4.38. The lowest BCUT2D eigenvalue weighted by atomic mass is 9.95. The van der Waals surface area contributed by atoms with Gasteiger partial charge in [0.05, 0.1) is 19.1 Å². The van der Waals surface area contributed by atoms with Crippen molar-refractivity contribution in [3.63, 3.8) is 0 Å². The van der Waals surface area contributed by atoms with Crippen LogP contribution in [0, 0.1) is 0 Å². The highest BCUT2D eigenvalue weighted by atomic mass is 16.5. The molecule has 0 unspecified atom stereocenters. The van der Waals surface area contributed by atoms with Crippen molar-refractivity contribution in [2.24, 2.45) is 0 Å². The Labute approximate surface area is 146 Å². The molecule has 7 heteroatoms. The van der Waals surface area contributed by atoms with Gasteiger partial charge in [0.1, 0.15) is 11.4 Å². The summed E-state index contributed by atoms with van der Waals surface area (Å²) < 4.78 is 5.22. The van der Waals surface area contributed by atoms with Crippen LogP contribution >= 0.6 is 0 Å². The van der Waals surface area contributed by atoms with Gasteiger partial charge in [-0.2, -0.15) is 0 Å². The van der Waals surface area contributed by atoms with Gasteiger partial charge in [-0.05, 0) is 25.0 Å². The molecule has 1 aliphatic rings. The molecule has 0 radical (unpaired) electrons. The number of hydrogen-bond acceptors (Lipinski definition) is 4. The topological polar surface area (TPSA) is 96.1 Å². The van der Waals surface area contributed by atoms with Crippen LogP contribution in [0.25, 0.3) is 0 Å². The third-order valence-corrected chi connectivity index (χ3v) is 4.38. The number of nitrogens with one attached hydrogen (secondary N) is 3. The Hall–Kier alpha value is -2.83. The number of carbonyl (C=O) groups excluding carboxylic acids is 2. The van der Waals surface area contributed by atoms with Crippen molar-refractivity contribution in [1.82, 2.24) is 15.3 Å². The molecular formula is C18H22N4O3. The summed E-state index contributed by atoms with van der Waals surface area (Å²) in [5.74, 6) is -0.214. The van der Waals surface area contributed by atoms with Crippen LogP contribution in [0.2, 0.25) is 0 Å². The molecule has 0 atom stereocenters. The molecule has 132 valence electrons. The Kier molecular flexibility index (Phi) is 5.33. The molecule has 1 fully saturated rings. The quantitative estimate of drug-likeness (QED) is 0.778. The Morgan fingerprint density at radius 2 is 1.92 bits per heavy atom. The Balaban J connectivity index is 1.71. The van der Waals surface area contributed by atoms with Gasteiger partial charge < -0.3 is 20.4 Å². The summed E-state index contributed by atoms with van der Waals surface area (Å²) in [4.78, 5) is 31.8. The van der Waals surface area contributed by atoms with Crippen LogP contribution in [0.3, 0.4) is 0 Å². The first-order chi connectivity index (χ1) is 12.2. The molecule has 1 heterocycles. The van der Waals surface area contributed by atoms with E-state index in [2.05, 4.69) is 20.6 Å². The fraction of sp³-hybridized carbons (Fsp3) is 0.389. The van der Waals surface area contributed by atoms with Gasteiger partial charge in [-0.25, -0.2) is 4.98 Å². The highest BCUT2D eigenvalue weighted by molar-refractivity contribution is 6.10. The number of imidazole rings is 1. The van der Waals surface area contributed by atoms with Crippen LogP contribution in [0.15, 0.2) is 30.6 Å². The summed E-state index contributed by atoms with van der Waals surface area (Å²) in [6, 6.07) is 7.24. The third kappa shape index (κ3) is 3.99. The lowest BCUT2D eigenvalue weighted by Gasteiger charge is -2.22. The first kappa shape index (κ1) is 17.0. The summed E-state index contributed by atoms with van der Waals surface area (Å²) >= 11 is 0. The normalized spacial score (nSPS) is 14.8. The second-order valence-electron chi connectivity index (χ2n) is 6.09. The fourth-order valence-corrected chi connectivity index (χ4v) is 3.07. The Bertz CT molecular complexity index is 750. The molecule has 3 N–H and O–H groups in total. The number of aromatic amines is 1. The fourth-order valence-electron chi connectivity index (χ4n) is 3.07. The molecule has 0 saturated heterocycles. The van der Waals surface area contributed by atoms with Crippen molar-refractivity contribution in [1.29, 1.82) is 0 Å². The SMILES string of the molecule is COc1ccccc1NC(=O)c1nc[nH]c1C(=O)NC1CCCCC1. The minimum atomic E-state index is -0.459. The molecule has 1 aromatic heterocycles. The molecule has 3 rings (SSSR count). The number of aromatic nitrogens is 2. The van der Waals surface area contributed by atoms with Crippen LogP contribution < -0.4 is 15.4 Å². The number of carbonyl (C=O) groups is 2. The average molecular weight is 342 g/mol. The molecule has 1 saturated carbocycles. The maximum absolute atomic E-state index is 12.5. The first-order valence-electron chi connectivity index (χ1n) is 8.47. The highest BCUT2D eigenvalue weighted by Crippen LogP contribution is 2.24. The van der Waals surface area contributed by atoms with Gasteiger partial charge in [0.25, 0.3) is 11.8 Å². The van der Waals surface area contributed by atoms with Crippen molar-refractivity contribution in [2.75, 3.05) is 12.4 Å². The van der Waals surface area contributed by atoms with Crippen LogP contribution in [0.1, 0.15) is 53.1 Å². The molecule has 0 spiro atoms. The zero-order chi connectivity index (χ0) is 17.6. The van der Waals surface area contributed by atoms with Gasteiger partial charge in [-0.1, -0.05) is 31.4 Å². The van der Waals surface area contributed by atoms with Crippen LogP contribution in [-0.2, 0) is 0 Å². The predicted molar refractivity (Wildman–Crippen MR) is 93.9 cm³/mol. The summed E-state index contributed by atoms with van der Waals surface area (Å²) in [6.07, 6.45) is 6.76. The van der Waals surface area contributed by atoms with E-state index in [0.29, 0.717) is 11.4 Å². The van der Waals surface area contributed by atoms with Crippen molar-refractivity contribution in [3.8, 4) is 5.75 Å². The maximum atomic E-state index is 12.5. The number of benzene rings is 1. The number of anilines is 1. The smallest absolute Gasteiger partial charge is 0.276 e.